The summed E-state index contributed by atoms with van der Waals surface area (Å²) in [6.45, 7) is 2.08. The molecule has 1 aliphatic rings. The van der Waals surface area contributed by atoms with E-state index in [1.54, 1.807) is 0 Å². The molecule has 3 nitrogen and oxygen atoms in total. The molecule has 1 aromatic rings. The highest BCUT2D eigenvalue weighted by molar-refractivity contribution is 6.02. The van der Waals surface area contributed by atoms with E-state index in [1.165, 1.54) is 0 Å². The van der Waals surface area contributed by atoms with E-state index in [0.717, 1.165) is 24.2 Å². The number of anilines is 2. The van der Waals surface area contributed by atoms with Crippen molar-refractivity contribution in [1.82, 2.24) is 0 Å². The molecule has 1 aliphatic heterocycles. The quantitative estimate of drug-likeness (QED) is 0.750. The van der Waals surface area contributed by atoms with Crippen LogP contribution in [0.25, 0.3) is 0 Å². The van der Waals surface area contributed by atoms with Crippen LogP contribution in [-0.2, 0) is 4.79 Å². The van der Waals surface area contributed by atoms with Crippen LogP contribution in [0.3, 0.4) is 0 Å². The van der Waals surface area contributed by atoms with E-state index in [4.69, 9.17) is 0 Å². The lowest BCUT2D eigenvalue weighted by Gasteiger charge is -2.26. The Kier molecular flexibility index (Phi) is 2.39. The number of benzene rings is 1. The molecule has 1 amide bonds. The molecule has 14 heavy (non-hydrogen) atoms. The first-order chi connectivity index (χ1) is 6.81. The van der Waals surface area contributed by atoms with E-state index < -0.39 is 0 Å². The molecule has 0 aliphatic carbocycles. The van der Waals surface area contributed by atoms with Crippen molar-refractivity contribution in [3.8, 4) is 0 Å². The van der Waals surface area contributed by atoms with Gasteiger partial charge in [0.1, 0.15) is 6.04 Å². The molecule has 1 aromatic carbocycles. The van der Waals surface area contributed by atoms with Gasteiger partial charge < -0.3 is 10.6 Å². The first-order valence-corrected chi connectivity index (χ1v) is 4.97. The molecule has 0 bridgehead atoms. The summed E-state index contributed by atoms with van der Waals surface area (Å²) >= 11 is 0. The van der Waals surface area contributed by atoms with Crippen LogP contribution in [0.4, 0.5) is 11.4 Å². The number of hydrogen-bond donors (Lipinski definition) is 2. The molecule has 3 heteroatoms. The second kappa shape index (κ2) is 3.70. The molecule has 2 N–H and O–H groups in total. The van der Waals surface area contributed by atoms with Gasteiger partial charge in [0.25, 0.3) is 0 Å². The Morgan fingerprint density at radius 1 is 1.29 bits per heavy atom. The standard InChI is InChI=1S/C11H14N2O/c1-2-5-10-11(14)13-9-7-4-3-6-8(9)12-10/h3-4,6-7,10,12H,2,5H2,1H3,(H,13,14)/t10-/m0/s1. The molecular formula is C11H14N2O. The predicted molar refractivity (Wildman–Crippen MR) is 57.4 cm³/mol. The molecule has 0 aromatic heterocycles. The minimum absolute atomic E-state index is 0.0742. The van der Waals surface area contributed by atoms with Gasteiger partial charge in [-0.2, -0.15) is 0 Å². The van der Waals surface area contributed by atoms with E-state index in [1.807, 2.05) is 24.3 Å². The molecule has 0 spiro atoms. The Balaban J connectivity index is 2.22. The summed E-state index contributed by atoms with van der Waals surface area (Å²) in [6.07, 6.45) is 1.88. The molecule has 1 atom stereocenters. The fraction of sp³-hybridized carbons (Fsp3) is 0.364. The highest BCUT2D eigenvalue weighted by atomic mass is 16.2. The van der Waals surface area contributed by atoms with Crippen molar-refractivity contribution in [2.75, 3.05) is 10.6 Å². The van der Waals surface area contributed by atoms with Crippen LogP contribution in [0.15, 0.2) is 24.3 Å². The SMILES string of the molecule is CCC[C@@H]1Nc2ccccc2NC1=O. The lowest BCUT2D eigenvalue weighted by molar-refractivity contribution is -0.117. The third-order valence-corrected chi connectivity index (χ3v) is 2.41. The largest absolute Gasteiger partial charge is 0.372 e. The second-order valence-electron chi connectivity index (χ2n) is 3.52. The zero-order valence-electron chi connectivity index (χ0n) is 8.21. The Morgan fingerprint density at radius 3 is 2.71 bits per heavy atom. The van der Waals surface area contributed by atoms with Gasteiger partial charge in [-0.25, -0.2) is 0 Å². The van der Waals surface area contributed by atoms with E-state index in [9.17, 15) is 4.79 Å². The van der Waals surface area contributed by atoms with Gasteiger partial charge in [-0.15, -0.1) is 0 Å². The number of nitrogens with one attached hydrogen (secondary N) is 2. The highest BCUT2D eigenvalue weighted by Crippen LogP contribution is 2.26. The average molecular weight is 190 g/mol. The summed E-state index contributed by atoms with van der Waals surface area (Å²) in [6, 6.07) is 7.70. The van der Waals surface area contributed by atoms with Gasteiger partial charge in [0, 0.05) is 0 Å². The van der Waals surface area contributed by atoms with Crippen LogP contribution >= 0.6 is 0 Å². The summed E-state index contributed by atoms with van der Waals surface area (Å²) in [4.78, 5) is 11.6. The van der Waals surface area contributed by atoms with Crippen molar-refractivity contribution in [3.05, 3.63) is 24.3 Å². The van der Waals surface area contributed by atoms with Gasteiger partial charge in [-0.3, -0.25) is 4.79 Å². The van der Waals surface area contributed by atoms with Crippen molar-refractivity contribution < 1.29 is 4.79 Å². The Bertz CT molecular complexity index is 349. The first kappa shape index (κ1) is 9.06. The first-order valence-electron chi connectivity index (χ1n) is 4.97. The second-order valence-corrected chi connectivity index (χ2v) is 3.52. The lowest BCUT2D eigenvalue weighted by atomic mass is 10.1. The Labute approximate surface area is 83.5 Å². The van der Waals surface area contributed by atoms with E-state index in [2.05, 4.69) is 17.6 Å². The molecule has 74 valence electrons. The molecule has 0 fully saturated rings. The topological polar surface area (TPSA) is 41.1 Å². The van der Waals surface area contributed by atoms with Crippen LogP contribution in [-0.4, -0.2) is 11.9 Å². The van der Waals surface area contributed by atoms with Crippen LogP contribution in [0.1, 0.15) is 19.8 Å². The van der Waals surface area contributed by atoms with Crippen molar-refractivity contribution in [2.24, 2.45) is 0 Å². The molecule has 1 heterocycles. The van der Waals surface area contributed by atoms with Gasteiger partial charge in [0.2, 0.25) is 5.91 Å². The maximum atomic E-state index is 11.6. The van der Waals surface area contributed by atoms with Crippen LogP contribution in [0.5, 0.6) is 0 Å². The molecule has 0 radical (unpaired) electrons. The summed E-state index contributed by atoms with van der Waals surface area (Å²) in [5.41, 5.74) is 1.90. The van der Waals surface area contributed by atoms with Crippen molar-refractivity contribution in [1.29, 1.82) is 0 Å². The molecule has 0 saturated heterocycles. The highest BCUT2D eigenvalue weighted by Gasteiger charge is 2.23. The van der Waals surface area contributed by atoms with Crippen molar-refractivity contribution >= 4 is 17.3 Å². The van der Waals surface area contributed by atoms with E-state index in [0.29, 0.717) is 0 Å². The summed E-state index contributed by atoms with van der Waals surface area (Å²) in [5, 5.41) is 6.13. The van der Waals surface area contributed by atoms with Gasteiger partial charge >= 0.3 is 0 Å². The zero-order valence-corrected chi connectivity index (χ0v) is 8.21. The van der Waals surface area contributed by atoms with Crippen LogP contribution in [0, 0.1) is 0 Å². The fourth-order valence-corrected chi connectivity index (χ4v) is 1.68. The molecule has 0 saturated carbocycles. The third kappa shape index (κ3) is 1.58. The van der Waals surface area contributed by atoms with Crippen molar-refractivity contribution in [3.63, 3.8) is 0 Å². The van der Waals surface area contributed by atoms with Crippen LogP contribution < -0.4 is 10.6 Å². The van der Waals surface area contributed by atoms with Gasteiger partial charge in [-0.1, -0.05) is 25.5 Å². The number of carbonyl (C=O) groups excluding carboxylic acids is 1. The average Bonchev–Trinajstić information content (AvgIpc) is 2.19. The number of fused-ring (bicyclic) bond motifs is 1. The molecular weight excluding hydrogens is 176 g/mol. The van der Waals surface area contributed by atoms with Gasteiger partial charge in [-0.05, 0) is 18.6 Å². The van der Waals surface area contributed by atoms with Crippen LogP contribution in [0.2, 0.25) is 0 Å². The lowest BCUT2D eigenvalue weighted by Crippen LogP contribution is -2.38. The maximum absolute atomic E-state index is 11.6. The fourth-order valence-electron chi connectivity index (χ4n) is 1.68. The number of rotatable bonds is 2. The minimum atomic E-state index is -0.0742. The Hall–Kier alpha value is -1.51. The summed E-state index contributed by atoms with van der Waals surface area (Å²) in [7, 11) is 0. The normalized spacial score (nSPS) is 19.5. The van der Waals surface area contributed by atoms with Crippen molar-refractivity contribution in [2.45, 2.75) is 25.8 Å². The molecule has 2 rings (SSSR count). The number of hydrogen-bond acceptors (Lipinski definition) is 2. The molecule has 0 unspecified atom stereocenters. The monoisotopic (exact) mass is 190 g/mol. The van der Waals surface area contributed by atoms with Gasteiger partial charge in [0.15, 0.2) is 0 Å². The predicted octanol–water partition coefficient (Wildman–Crippen LogP) is 2.22. The minimum Gasteiger partial charge on any atom is -0.372 e. The number of para-hydroxylation sites is 2. The zero-order chi connectivity index (χ0) is 9.97. The van der Waals surface area contributed by atoms with E-state index in [-0.39, 0.29) is 11.9 Å². The maximum Gasteiger partial charge on any atom is 0.246 e. The van der Waals surface area contributed by atoms with Gasteiger partial charge in [0.05, 0.1) is 11.4 Å². The smallest absolute Gasteiger partial charge is 0.246 e. The van der Waals surface area contributed by atoms with E-state index >= 15 is 0 Å². The number of amides is 1. The summed E-state index contributed by atoms with van der Waals surface area (Å²) < 4.78 is 0. The number of carbonyl (C=O) groups is 1. The Morgan fingerprint density at radius 2 is 2.00 bits per heavy atom. The third-order valence-electron chi connectivity index (χ3n) is 2.41. The summed E-state index contributed by atoms with van der Waals surface area (Å²) in [5.74, 6) is 0.0746.